The average molecular weight is 389 g/mol. The van der Waals surface area contributed by atoms with E-state index in [-0.39, 0.29) is 5.91 Å². The van der Waals surface area contributed by atoms with Crippen LogP contribution in [0.15, 0.2) is 65.2 Å². The molecule has 5 heteroatoms. The number of benzene rings is 2. The molecule has 0 spiro atoms. The standard InChI is InChI=1S/C24H27N3O2/c1-26(18-20-11-5-6-12-21(20)27-15-7-8-16-27)24(28)14-13-23-25-17-22(29-23)19-9-3-2-4-10-19/h2-6,9-12,17H,7-8,13-16,18H2,1H3. The van der Waals surface area contributed by atoms with Gasteiger partial charge in [-0.2, -0.15) is 0 Å². The van der Waals surface area contributed by atoms with Crippen molar-refractivity contribution in [3.05, 3.63) is 72.2 Å². The van der Waals surface area contributed by atoms with E-state index in [2.05, 4.69) is 28.1 Å². The van der Waals surface area contributed by atoms with Crippen LogP contribution in [-0.4, -0.2) is 35.9 Å². The summed E-state index contributed by atoms with van der Waals surface area (Å²) in [6, 6.07) is 18.3. The fourth-order valence-corrected chi connectivity index (χ4v) is 3.82. The molecule has 0 aliphatic carbocycles. The van der Waals surface area contributed by atoms with Crippen LogP contribution in [0.1, 0.15) is 30.7 Å². The summed E-state index contributed by atoms with van der Waals surface area (Å²) in [5, 5.41) is 0. The molecule has 0 N–H and O–H groups in total. The molecule has 1 amide bonds. The number of aryl methyl sites for hydroxylation is 1. The molecule has 0 bridgehead atoms. The second-order valence-electron chi connectivity index (χ2n) is 7.56. The van der Waals surface area contributed by atoms with E-state index in [0.717, 1.165) is 24.4 Å². The SMILES string of the molecule is CN(Cc1ccccc1N1CCCC1)C(=O)CCc1ncc(-c2ccccc2)o1. The van der Waals surface area contributed by atoms with E-state index in [4.69, 9.17) is 4.42 Å². The van der Waals surface area contributed by atoms with Crippen LogP contribution in [0.4, 0.5) is 5.69 Å². The molecular formula is C24H27N3O2. The first-order valence-electron chi connectivity index (χ1n) is 10.3. The summed E-state index contributed by atoms with van der Waals surface area (Å²) in [6.07, 6.45) is 5.10. The van der Waals surface area contributed by atoms with Crippen LogP contribution in [0.25, 0.3) is 11.3 Å². The highest BCUT2D eigenvalue weighted by Gasteiger charge is 2.18. The Morgan fingerprint density at radius 2 is 1.79 bits per heavy atom. The molecule has 0 saturated carbocycles. The average Bonchev–Trinajstić information content (AvgIpc) is 3.45. The van der Waals surface area contributed by atoms with Crippen molar-refractivity contribution in [2.24, 2.45) is 0 Å². The molecule has 1 aliphatic heterocycles. The summed E-state index contributed by atoms with van der Waals surface area (Å²) in [4.78, 5) is 21.2. The zero-order valence-electron chi connectivity index (χ0n) is 16.9. The molecular weight excluding hydrogens is 362 g/mol. The van der Waals surface area contributed by atoms with E-state index in [0.29, 0.717) is 25.3 Å². The summed E-state index contributed by atoms with van der Waals surface area (Å²) < 4.78 is 5.82. The minimum absolute atomic E-state index is 0.0979. The van der Waals surface area contributed by atoms with Gasteiger partial charge in [-0.15, -0.1) is 0 Å². The first kappa shape index (κ1) is 19.2. The van der Waals surface area contributed by atoms with Gasteiger partial charge in [0, 0.05) is 50.8 Å². The first-order valence-corrected chi connectivity index (χ1v) is 10.3. The normalized spacial score (nSPS) is 13.6. The van der Waals surface area contributed by atoms with Crippen LogP contribution in [0.3, 0.4) is 0 Å². The number of carbonyl (C=O) groups excluding carboxylic acids is 1. The fourth-order valence-electron chi connectivity index (χ4n) is 3.82. The smallest absolute Gasteiger partial charge is 0.223 e. The van der Waals surface area contributed by atoms with Gasteiger partial charge in [-0.3, -0.25) is 4.79 Å². The number of carbonyl (C=O) groups is 1. The van der Waals surface area contributed by atoms with Crippen LogP contribution in [0, 0.1) is 0 Å². The molecule has 4 rings (SSSR count). The number of amides is 1. The Morgan fingerprint density at radius 3 is 2.59 bits per heavy atom. The van der Waals surface area contributed by atoms with Crippen molar-refractivity contribution >= 4 is 11.6 Å². The lowest BCUT2D eigenvalue weighted by Gasteiger charge is -2.24. The Morgan fingerprint density at radius 1 is 1.07 bits per heavy atom. The molecule has 0 radical (unpaired) electrons. The molecule has 0 unspecified atom stereocenters. The number of hydrogen-bond acceptors (Lipinski definition) is 4. The van der Waals surface area contributed by atoms with Crippen molar-refractivity contribution < 1.29 is 9.21 Å². The number of oxazole rings is 1. The van der Waals surface area contributed by atoms with Crippen LogP contribution in [0.2, 0.25) is 0 Å². The van der Waals surface area contributed by atoms with Gasteiger partial charge in [0.2, 0.25) is 5.91 Å². The van der Waals surface area contributed by atoms with Gasteiger partial charge in [0.25, 0.3) is 0 Å². The maximum Gasteiger partial charge on any atom is 0.223 e. The molecule has 2 heterocycles. The number of aromatic nitrogens is 1. The predicted octanol–water partition coefficient (Wildman–Crippen LogP) is 4.53. The van der Waals surface area contributed by atoms with E-state index in [9.17, 15) is 4.79 Å². The molecule has 1 fully saturated rings. The van der Waals surface area contributed by atoms with Crippen molar-refractivity contribution in [2.45, 2.75) is 32.2 Å². The number of nitrogens with zero attached hydrogens (tertiary/aromatic N) is 3. The maximum atomic E-state index is 12.7. The van der Waals surface area contributed by atoms with E-state index >= 15 is 0 Å². The minimum Gasteiger partial charge on any atom is -0.441 e. The van der Waals surface area contributed by atoms with E-state index in [1.54, 1.807) is 11.1 Å². The molecule has 1 aromatic heterocycles. The van der Waals surface area contributed by atoms with Crippen molar-refractivity contribution in [3.63, 3.8) is 0 Å². The second kappa shape index (κ2) is 8.95. The van der Waals surface area contributed by atoms with E-state index < -0.39 is 0 Å². The molecule has 0 atom stereocenters. The third-order valence-electron chi connectivity index (χ3n) is 5.44. The highest BCUT2D eigenvalue weighted by molar-refractivity contribution is 5.76. The molecule has 29 heavy (non-hydrogen) atoms. The van der Waals surface area contributed by atoms with Crippen LogP contribution < -0.4 is 4.90 Å². The monoisotopic (exact) mass is 389 g/mol. The van der Waals surface area contributed by atoms with E-state index in [1.165, 1.54) is 24.1 Å². The largest absolute Gasteiger partial charge is 0.441 e. The molecule has 1 aliphatic rings. The minimum atomic E-state index is 0.0979. The molecule has 3 aromatic rings. The lowest BCUT2D eigenvalue weighted by molar-refractivity contribution is -0.130. The zero-order valence-corrected chi connectivity index (χ0v) is 16.9. The number of hydrogen-bond donors (Lipinski definition) is 0. The molecule has 1 saturated heterocycles. The summed E-state index contributed by atoms with van der Waals surface area (Å²) in [5.41, 5.74) is 3.45. The van der Waals surface area contributed by atoms with Crippen molar-refractivity contribution in [1.82, 2.24) is 9.88 Å². The van der Waals surface area contributed by atoms with Gasteiger partial charge in [-0.1, -0.05) is 48.5 Å². The van der Waals surface area contributed by atoms with Crippen LogP contribution in [0.5, 0.6) is 0 Å². The van der Waals surface area contributed by atoms with Gasteiger partial charge in [-0.05, 0) is 24.5 Å². The summed E-state index contributed by atoms with van der Waals surface area (Å²) in [5.74, 6) is 1.43. The Kier molecular flexibility index (Phi) is 5.94. The quantitative estimate of drug-likeness (QED) is 0.596. The third kappa shape index (κ3) is 4.67. The third-order valence-corrected chi connectivity index (χ3v) is 5.44. The number of para-hydroxylation sites is 1. The van der Waals surface area contributed by atoms with Crippen molar-refractivity contribution in [2.75, 3.05) is 25.0 Å². The van der Waals surface area contributed by atoms with Crippen molar-refractivity contribution in [1.29, 1.82) is 0 Å². The van der Waals surface area contributed by atoms with Gasteiger partial charge in [0.1, 0.15) is 0 Å². The fraction of sp³-hybridized carbons (Fsp3) is 0.333. The molecule has 2 aromatic carbocycles. The van der Waals surface area contributed by atoms with E-state index in [1.807, 2.05) is 43.4 Å². The Labute approximate surface area is 172 Å². The second-order valence-corrected chi connectivity index (χ2v) is 7.56. The highest BCUT2D eigenvalue weighted by atomic mass is 16.4. The topological polar surface area (TPSA) is 49.6 Å². The molecule has 150 valence electrons. The summed E-state index contributed by atoms with van der Waals surface area (Å²) in [7, 11) is 1.87. The summed E-state index contributed by atoms with van der Waals surface area (Å²) >= 11 is 0. The van der Waals surface area contributed by atoms with Crippen molar-refractivity contribution in [3.8, 4) is 11.3 Å². The number of rotatable bonds is 7. The first-order chi connectivity index (χ1) is 14.2. The van der Waals surface area contributed by atoms with Crippen LogP contribution >= 0.6 is 0 Å². The van der Waals surface area contributed by atoms with Crippen LogP contribution in [-0.2, 0) is 17.8 Å². The Balaban J connectivity index is 1.34. The lowest BCUT2D eigenvalue weighted by atomic mass is 10.1. The van der Waals surface area contributed by atoms with Gasteiger partial charge in [0.05, 0.1) is 6.20 Å². The van der Waals surface area contributed by atoms with Gasteiger partial charge in [0.15, 0.2) is 11.7 Å². The Hall–Kier alpha value is -3.08. The highest BCUT2D eigenvalue weighted by Crippen LogP contribution is 2.26. The predicted molar refractivity (Wildman–Crippen MR) is 115 cm³/mol. The maximum absolute atomic E-state index is 12.7. The number of anilines is 1. The molecule has 5 nitrogen and oxygen atoms in total. The van der Waals surface area contributed by atoms with Gasteiger partial charge >= 0.3 is 0 Å². The van der Waals surface area contributed by atoms with Gasteiger partial charge in [-0.25, -0.2) is 4.98 Å². The Bertz CT molecular complexity index is 946. The lowest BCUT2D eigenvalue weighted by Crippen LogP contribution is -2.28. The van der Waals surface area contributed by atoms with Gasteiger partial charge < -0.3 is 14.2 Å². The zero-order chi connectivity index (χ0) is 20.1. The summed E-state index contributed by atoms with van der Waals surface area (Å²) in [6.45, 7) is 2.82.